The molecule has 0 heterocycles. The van der Waals surface area contributed by atoms with Gasteiger partial charge in [0.2, 0.25) is 0 Å². The molecule has 0 N–H and O–H groups in total. The van der Waals surface area contributed by atoms with E-state index in [0.29, 0.717) is 0 Å². The van der Waals surface area contributed by atoms with Crippen molar-refractivity contribution in [2.45, 2.75) is 58.8 Å². The van der Waals surface area contributed by atoms with Gasteiger partial charge >= 0.3 is 19.5 Å². The minimum atomic E-state index is 0. The third-order valence-electron chi connectivity index (χ3n) is 1.66. The van der Waals surface area contributed by atoms with Gasteiger partial charge in [0.15, 0.2) is 0 Å². The summed E-state index contributed by atoms with van der Waals surface area (Å²) in [6.45, 7) is 7.23. The van der Waals surface area contributed by atoms with Crippen molar-refractivity contribution in [2.75, 3.05) is 0 Å². The van der Waals surface area contributed by atoms with Gasteiger partial charge in [0.25, 0.3) is 0 Å². The van der Waals surface area contributed by atoms with E-state index in [0.717, 1.165) is 12.8 Å². The average Bonchev–Trinajstić information content (AvgIpc) is 2.15. The molecule has 0 aliphatic rings. The summed E-state index contributed by atoms with van der Waals surface area (Å²) in [6.07, 6.45) is 15.4. The van der Waals surface area contributed by atoms with Crippen molar-refractivity contribution in [1.82, 2.24) is 0 Å². The summed E-state index contributed by atoms with van der Waals surface area (Å²) in [5.41, 5.74) is 0. The van der Waals surface area contributed by atoms with Crippen LogP contribution in [0.25, 0.3) is 0 Å². The Bertz CT molecular complexity index is 91.8. The van der Waals surface area contributed by atoms with Gasteiger partial charge in [-0.3, -0.25) is 0 Å². The molecule has 0 aromatic heterocycles. The molecule has 0 radical (unpaired) electrons. The zero-order valence-corrected chi connectivity index (χ0v) is 12.3. The minimum Gasteiger partial charge on any atom is -0.694 e. The van der Waals surface area contributed by atoms with E-state index < -0.39 is 0 Å². The van der Waals surface area contributed by atoms with Gasteiger partial charge in [0.05, 0.1) is 0 Å². The van der Waals surface area contributed by atoms with Gasteiger partial charge in [-0.15, -0.1) is 0 Å². The molecule has 0 nitrogen and oxygen atoms in total. The monoisotopic (exact) mass is 230 g/mol. The molecule has 0 unspecified atom stereocenters. The Morgan fingerprint density at radius 2 is 1.46 bits per heavy atom. The molecule has 0 spiro atoms. The van der Waals surface area contributed by atoms with Crippen molar-refractivity contribution in [1.29, 1.82) is 0 Å². The van der Waals surface area contributed by atoms with Gasteiger partial charge in [-0.05, 0) is 12.8 Å². The summed E-state index contributed by atoms with van der Waals surface area (Å²) >= 11 is 0. The van der Waals surface area contributed by atoms with Crippen LogP contribution < -0.4 is 0 Å². The van der Waals surface area contributed by atoms with Crippen molar-refractivity contribution >= 4 is 0 Å². The summed E-state index contributed by atoms with van der Waals surface area (Å²) < 4.78 is 0. The van der Waals surface area contributed by atoms with E-state index in [4.69, 9.17) is 6.42 Å². The van der Waals surface area contributed by atoms with E-state index in [1.54, 1.807) is 6.92 Å². The molecule has 0 saturated carbocycles. The fourth-order valence-corrected chi connectivity index (χ4v) is 0.994. The van der Waals surface area contributed by atoms with Gasteiger partial charge in [-0.25, -0.2) is 0 Å². The molecule has 0 aliphatic carbocycles. The normalized spacial score (nSPS) is 7.54. The number of hydrogen-bond donors (Lipinski definition) is 0. The molecule has 0 amide bonds. The standard InChI is InChI=1S/C10H17.C2H5.Zn/c1-3-5-7-9-10-8-6-4-2;1-2;/h3,5-10H2,1H3;1H2,2H3;/q2*-1;+2. The Kier molecular flexibility index (Phi) is 33.0. The van der Waals surface area contributed by atoms with Crippen LogP contribution in [-0.2, 0) is 19.5 Å². The molecule has 1 heteroatoms. The molecule has 72 valence electrons. The van der Waals surface area contributed by atoms with Crippen LogP contribution in [0.4, 0.5) is 0 Å². The molecule has 0 aliphatic heterocycles. The molecule has 0 saturated heterocycles. The minimum absolute atomic E-state index is 0. The zero-order chi connectivity index (χ0) is 9.66. The topological polar surface area (TPSA) is 0 Å². The van der Waals surface area contributed by atoms with Gasteiger partial charge < -0.3 is 19.3 Å². The molecular weight excluding hydrogens is 210 g/mol. The quantitative estimate of drug-likeness (QED) is 0.279. The zero-order valence-electron chi connectivity index (χ0n) is 9.36. The summed E-state index contributed by atoms with van der Waals surface area (Å²) in [4.78, 5) is 0. The molecule has 13 heavy (non-hydrogen) atoms. The van der Waals surface area contributed by atoms with Crippen LogP contribution >= 0.6 is 0 Å². The Balaban J connectivity index is -0.000000309. The third kappa shape index (κ3) is 24.5. The van der Waals surface area contributed by atoms with Gasteiger partial charge in [0.1, 0.15) is 0 Å². The number of hydrogen-bond acceptors (Lipinski definition) is 0. The van der Waals surface area contributed by atoms with E-state index in [9.17, 15) is 0 Å². The second-order valence-electron chi connectivity index (χ2n) is 2.69. The summed E-state index contributed by atoms with van der Waals surface area (Å²) in [5.74, 6) is 2.41. The molecule has 0 rings (SSSR count). The maximum absolute atomic E-state index is 6.67. The van der Waals surface area contributed by atoms with Crippen LogP contribution in [0.1, 0.15) is 58.8 Å². The summed E-state index contributed by atoms with van der Waals surface area (Å²) in [7, 11) is 0. The van der Waals surface area contributed by atoms with Crippen LogP contribution in [0.15, 0.2) is 0 Å². The molecule has 0 aromatic rings. The Morgan fingerprint density at radius 1 is 1.00 bits per heavy atom. The molecule has 0 bridgehead atoms. The van der Waals surface area contributed by atoms with Crippen molar-refractivity contribution in [3.05, 3.63) is 13.3 Å². The fraction of sp³-hybridized carbons (Fsp3) is 0.750. The Labute approximate surface area is 97.6 Å². The van der Waals surface area contributed by atoms with Gasteiger partial charge in [-0.1, -0.05) is 39.0 Å². The van der Waals surface area contributed by atoms with E-state index in [1.807, 2.05) is 0 Å². The van der Waals surface area contributed by atoms with Crippen molar-refractivity contribution in [3.63, 3.8) is 0 Å². The Hall–Kier alpha value is 0.183. The molecular formula is C12H22Zn. The van der Waals surface area contributed by atoms with Gasteiger partial charge in [-0.2, -0.15) is 6.92 Å². The predicted octanol–water partition coefficient (Wildman–Crippen LogP) is 4.16. The largest absolute Gasteiger partial charge is 2.00 e. The molecule has 0 aromatic carbocycles. The molecule has 0 fully saturated rings. The second-order valence-corrected chi connectivity index (χ2v) is 2.69. The van der Waals surface area contributed by atoms with Crippen LogP contribution in [0.5, 0.6) is 0 Å². The van der Waals surface area contributed by atoms with E-state index in [1.165, 1.54) is 32.1 Å². The first-order chi connectivity index (χ1) is 5.91. The van der Waals surface area contributed by atoms with Gasteiger partial charge in [0, 0.05) is 0 Å². The SMILES string of the molecule is [C-]#CCCCCCCCC.[CH2-]C.[Zn+2]. The second kappa shape index (κ2) is 22.8. The third-order valence-corrected chi connectivity index (χ3v) is 1.66. The maximum atomic E-state index is 6.67. The van der Waals surface area contributed by atoms with E-state index >= 15 is 0 Å². The van der Waals surface area contributed by atoms with Crippen LogP contribution in [0, 0.1) is 19.3 Å². The number of unbranched alkanes of at least 4 members (excludes halogenated alkanes) is 6. The van der Waals surface area contributed by atoms with Crippen molar-refractivity contribution in [3.8, 4) is 5.92 Å². The fourth-order valence-electron chi connectivity index (χ4n) is 0.994. The predicted molar refractivity (Wildman–Crippen MR) is 56.2 cm³/mol. The van der Waals surface area contributed by atoms with Crippen LogP contribution in [0.2, 0.25) is 0 Å². The van der Waals surface area contributed by atoms with E-state index in [2.05, 4.69) is 19.8 Å². The average molecular weight is 232 g/mol. The Morgan fingerprint density at radius 3 is 1.92 bits per heavy atom. The first kappa shape index (κ1) is 18.9. The smallest absolute Gasteiger partial charge is 0.694 e. The first-order valence-electron chi connectivity index (χ1n) is 5.02. The van der Waals surface area contributed by atoms with Crippen molar-refractivity contribution < 1.29 is 19.5 Å². The van der Waals surface area contributed by atoms with Crippen molar-refractivity contribution in [2.24, 2.45) is 0 Å². The van der Waals surface area contributed by atoms with E-state index in [-0.39, 0.29) is 19.5 Å². The number of rotatable bonds is 6. The van der Waals surface area contributed by atoms with Crippen LogP contribution in [-0.4, -0.2) is 0 Å². The maximum Gasteiger partial charge on any atom is 2.00 e. The van der Waals surface area contributed by atoms with Crippen LogP contribution in [0.3, 0.4) is 0 Å². The summed E-state index contributed by atoms with van der Waals surface area (Å²) in [5, 5.41) is 0. The summed E-state index contributed by atoms with van der Waals surface area (Å²) in [6, 6.07) is 0. The molecule has 0 atom stereocenters. The first-order valence-corrected chi connectivity index (χ1v) is 5.02.